The Morgan fingerprint density at radius 2 is 0.948 bits per heavy atom. The highest BCUT2D eigenvalue weighted by atomic mass is 16.5. The Morgan fingerprint density at radius 3 is 1.62 bits per heavy atom. The Labute approximate surface area is 330 Å². The van der Waals surface area contributed by atoms with Crippen molar-refractivity contribution in [1.82, 2.24) is 9.97 Å². The first-order chi connectivity index (χ1) is 28.7. The number of ether oxygens (including phenoxy) is 1. The lowest BCUT2D eigenvalue weighted by Gasteiger charge is -2.19. The fraction of sp³-hybridized carbons (Fsp3) is 0.0385. The first-order valence-corrected chi connectivity index (χ1v) is 19.5. The molecule has 2 aliphatic rings. The molecule has 0 spiro atoms. The summed E-state index contributed by atoms with van der Waals surface area (Å²) in [6.07, 6.45) is 10.3. The van der Waals surface area contributed by atoms with Crippen LogP contribution in [-0.4, -0.2) is 16.1 Å². The number of pyridine rings is 2. The van der Waals surface area contributed by atoms with Crippen molar-refractivity contribution >= 4 is 71.6 Å². The van der Waals surface area contributed by atoms with Gasteiger partial charge in [0.2, 0.25) is 0 Å². The van der Waals surface area contributed by atoms with Crippen LogP contribution in [0.25, 0.3) is 105 Å². The zero-order valence-corrected chi connectivity index (χ0v) is 30.8. The molecule has 1 aliphatic heterocycles. The molecule has 6 nitrogen and oxygen atoms in total. The smallest absolute Gasteiger partial charge is 0.153 e. The average Bonchev–Trinajstić information content (AvgIpc) is 4.05. The molecule has 2 atom stereocenters. The van der Waals surface area contributed by atoms with Gasteiger partial charge in [0.05, 0.1) is 0 Å². The Bertz CT molecular complexity index is 3580. The van der Waals surface area contributed by atoms with E-state index in [1.54, 1.807) is 0 Å². The van der Waals surface area contributed by atoms with Gasteiger partial charge in [-0.05, 0) is 136 Å². The molecule has 0 saturated carbocycles. The molecular formula is C52H30N2O4. The van der Waals surface area contributed by atoms with Crippen molar-refractivity contribution in [2.45, 2.75) is 12.0 Å². The van der Waals surface area contributed by atoms with Crippen LogP contribution in [0.1, 0.15) is 17.0 Å². The normalized spacial score (nSPS) is 16.1. The maximum absolute atomic E-state index is 6.50. The predicted molar refractivity (Wildman–Crippen MR) is 231 cm³/mol. The lowest BCUT2D eigenvalue weighted by Crippen LogP contribution is -2.16. The minimum absolute atomic E-state index is 0.0521. The Balaban J connectivity index is 0.869. The van der Waals surface area contributed by atoms with Gasteiger partial charge in [0, 0.05) is 45.4 Å². The van der Waals surface area contributed by atoms with E-state index in [0.29, 0.717) is 0 Å². The summed E-state index contributed by atoms with van der Waals surface area (Å²) in [5.41, 5.74) is 17.0. The number of nitrogens with zero attached hydrogens (tertiary/aromatic N) is 2. The van der Waals surface area contributed by atoms with Gasteiger partial charge in [0.1, 0.15) is 45.2 Å². The van der Waals surface area contributed by atoms with Crippen LogP contribution in [0.3, 0.4) is 0 Å². The molecule has 58 heavy (non-hydrogen) atoms. The van der Waals surface area contributed by atoms with Crippen molar-refractivity contribution in [3.8, 4) is 39.1 Å². The molecule has 13 rings (SSSR count). The van der Waals surface area contributed by atoms with Gasteiger partial charge in [-0.15, -0.1) is 0 Å². The van der Waals surface area contributed by atoms with E-state index in [4.69, 9.17) is 18.0 Å². The average molecular weight is 747 g/mol. The van der Waals surface area contributed by atoms with Crippen LogP contribution in [0.5, 0.6) is 5.75 Å². The minimum Gasteiger partial charge on any atom is -0.485 e. The molecular weight excluding hydrogens is 717 g/mol. The van der Waals surface area contributed by atoms with Crippen LogP contribution in [0.15, 0.2) is 183 Å². The van der Waals surface area contributed by atoms with E-state index in [1.165, 1.54) is 5.56 Å². The highest BCUT2D eigenvalue weighted by molar-refractivity contribution is 6.09. The quantitative estimate of drug-likeness (QED) is 0.178. The second kappa shape index (κ2) is 11.9. The van der Waals surface area contributed by atoms with Crippen molar-refractivity contribution in [1.29, 1.82) is 0 Å². The molecule has 1 aliphatic carbocycles. The van der Waals surface area contributed by atoms with Crippen molar-refractivity contribution in [2.75, 3.05) is 0 Å². The van der Waals surface area contributed by atoms with E-state index in [-0.39, 0.29) is 12.0 Å². The van der Waals surface area contributed by atoms with E-state index >= 15 is 0 Å². The molecule has 0 amide bonds. The van der Waals surface area contributed by atoms with Crippen molar-refractivity contribution in [2.24, 2.45) is 0 Å². The van der Waals surface area contributed by atoms with Crippen molar-refractivity contribution in [3.05, 3.63) is 181 Å². The molecule has 5 aromatic heterocycles. The molecule has 6 heterocycles. The maximum atomic E-state index is 6.50. The first-order valence-electron chi connectivity index (χ1n) is 19.5. The van der Waals surface area contributed by atoms with E-state index in [2.05, 4.69) is 131 Å². The van der Waals surface area contributed by atoms with Crippen LogP contribution >= 0.6 is 0 Å². The van der Waals surface area contributed by atoms with Crippen LogP contribution in [0.2, 0.25) is 0 Å². The zero-order chi connectivity index (χ0) is 37.9. The van der Waals surface area contributed by atoms with Crippen molar-refractivity contribution < 1.29 is 18.0 Å². The number of hydrogen-bond donors (Lipinski definition) is 0. The summed E-state index contributed by atoms with van der Waals surface area (Å²) < 4.78 is 25.0. The van der Waals surface area contributed by atoms with Gasteiger partial charge in [0.25, 0.3) is 0 Å². The Kier molecular flexibility index (Phi) is 6.46. The summed E-state index contributed by atoms with van der Waals surface area (Å²) in [6.45, 7) is 0. The molecule has 272 valence electrons. The number of fused-ring (bicyclic) bond motifs is 12. The summed E-state index contributed by atoms with van der Waals surface area (Å²) >= 11 is 0. The predicted octanol–water partition coefficient (Wildman–Crippen LogP) is 13.7. The van der Waals surface area contributed by atoms with Gasteiger partial charge in [-0.1, -0.05) is 66.7 Å². The fourth-order valence-corrected chi connectivity index (χ4v) is 9.13. The molecule has 11 aromatic rings. The molecule has 0 radical (unpaired) electrons. The number of furan rings is 3. The third-order valence-electron chi connectivity index (χ3n) is 11.9. The largest absolute Gasteiger partial charge is 0.485 e. The van der Waals surface area contributed by atoms with Crippen molar-refractivity contribution in [3.63, 3.8) is 0 Å². The van der Waals surface area contributed by atoms with Gasteiger partial charge in [-0.2, -0.15) is 0 Å². The van der Waals surface area contributed by atoms with Gasteiger partial charge >= 0.3 is 0 Å². The second-order valence-electron chi connectivity index (χ2n) is 15.2. The first kappa shape index (κ1) is 31.5. The maximum Gasteiger partial charge on any atom is 0.153 e. The second-order valence-corrected chi connectivity index (χ2v) is 15.2. The van der Waals surface area contributed by atoms with Crippen LogP contribution in [-0.2, 0) is 0 Å². The summed E-state index contributed by atoms with van der Waals surface area (Å²) in [7, 11) is 0. The van der Waals surface area contributed by atoms with Gasteiger partial charge in [-0.25, -0.2) is 0 Å². The fourth-order valence-electron chi connectivity index (χ4n) is 9.13. The van der Waals surface area contributed by atoms with Gasteiger partial charge < -0.3 is 18.0 Å². The monoisotopic (exact) mass is 746 g/mol. The lowest BCUT2D eigenvalue weighted by atomic mass is 9.85. The Morgan fingerprint density at radius 1 is 0.431 bits per heavy atom. The number of rotatable bonds is 4. The number of allylic oxidation sites excluding steroid dienone is 2. The van der Waals surface area contributed by atoms with Gasteiger partial charge in [-0.3, -0.25) is 9.97 Å². The molecule has 6 heteroatoms. The standard InChI is InChI=1S/C52H30N2O4/c1-2-6-36(34-14-20-46-40(28-34)38-24-30(10-16-44(38)56-46)32-12-18-48-42(26-32)52-50(58-48)8-4-22-54-52)35(5-1)33-13-19-45-39(27-33)37-23-29(9-15-43(37)55-45)31-11-17-47-41(25-31)51-49(57-47)7-3-21-53-51/h1-28,37,43H. The molecule has 0 bridgehead atoms. The van der Waals surface area contributed by atoms with E-state index < -0.39 is 0 Å². The number of hydrogen-bond acceptors (Lipinski definition) is 6. The summed E-state index contributed by atoms with van der Waals surface area (Å²) in [6, 6.07) is 48.6. The molecule has 2 unspecified atom stereocenters. The highest BCUT2D eigenvalue weighted by Crippen LogP contribution is 2.47. The van der Waals surface area contributed by atoms with Crippen LogP contribution in [0, 0.1) is 0 Å². The summed E-state index contributed by atoms with van der Waals surface area (Å²) in [4.78, 5) is 9.19. The molecule has 0 N–H and O–H groups in total. The Hall–Kier alpha value is -7.70. The zero-order valence-electron chi connectivity index (χ0n) is 30.8. The lowest BCUT2D eigenvalue weighted by molar-refractivity contribution is 0.269. The summed E-state index contributed by atoms with van der Waals surface area (Å²) in [5, 5.41) is 4.18. The molecule has 0 saturated heterocycles. The highest BCUT2D eigenvalue weighted by Gasteiger charge is 2.34. The van der Waals surface area contributed by atoms with E-state index in [1.807, 2.05) is 48.8 Å². The van der Waals surface area contributed by atoms with Gasteiger partial charge in [0.15, 0.2) is 11.2 Å². The van der Waals surface area contributed by atoms with Crippen LogP contribution in [0.4, 0.5) is 0 Å². The van der Waals surface area contributed by atoms with Crippen LogP contribution < -0.4 is 4.74 Å². The minimum atomic E-state index is -0.0521. The SMILES string of the molecule is C1=CC2Oc3ccc(-c4ccccc4-c4ccc5oc6ccc(-c7ccc8oc9cccnc9c8c7)cc6c5c4)cc3C2C=C1c1ccc2oc3cccnc3c2c1. The molecule has 6 aromatic carbocycles. The summed E-state index contributed by atoms with van der Waals surface area (Å²) in [5.74, 6) is 1.02. The van der Waals surface area contributed by atoms with E-state index in [9.17, 15) is 0 Å². The number of benzene rings is 6. The third kappa shape index (κ3) is 4.72. The molecule has 0 fully saturated rings. The third-order valence-corrected chi connectivity index (χ3v) is 11.9. The topological polar surface area (TPSA) is 74.4 Å². The number of aromatic nitrogens is 2. The van der Waals surface area contributed by atoms with E-state index in [0.717, 1.165) is 116 Å².